The molecule has 0 saturated carbocycles. The predicted octanol–water partition coefficient (Wildman–Crippen LogP) is 5.19. The molecule has 2 aromatic rings. The van der Waals surface area contributed by atoms with Crippen LogP contribution in [-0.2, 0) is 6.42 Å². The van der Waals surface area contributed by atoms with E-state index in [9.17, 15) is 4.79 Å². The summed E-state index contributed by atoms with van der Waals surface area (Å²) in [6.45, 7) is 6.23. The maximum Gasteiger partial charge on any atom is 0.323 e. The van der Waals surface area contributed by atoms with E-state index in [4.69, 9.17) is 0 Å². The molecule has 0 radical (unpaired) electrons. The molecule has 1 saturated heterocycles. The van der Waals surface area contributed by atoms with Crippen LogP contribution in [0.4, 0.5) is 21.9 Å². The molecule has 0 atom stereocenters. The monoisotopic (exact) mass is 337 g/mol. The van der Waals surface area contributed by atoms with E-state index in [1.165, 1.54) is 19.3 Å². The van der Waals surface area contributed by atoms with E-state index in [-0.39, 0.29) is 6.03 Å². The summed E-state index contributed by atoms with van der Waals surface area (Å²) in [7, 11) is 0. The third-order valence-corrected chi connectivity index (χ3v) is 4.83. The largest absolute Gasteiger partial charge is 0.370 e. The summed E-state index contributed by atoms with van der Waals surface area (Å²) in [5.74, 6) is 0. The summed E-state index contributed by atoms with van der Waals surface area (Å²) < 4.78 is 0. The Labute approximate surface area is 150 Å². The first kappa shape index (κ1) is 17.3. The Morgan fingerprint density at radius 1 is 1.00 bits per heavy atom. The average Bonchev–Trinajstić information content (AvgIpc) is 2.64. The first-order chi connectivity index (χ1) is 12.2. The zero-order chi connectivity index (χ0) is 17.6. The summed E-state index contributed by atoms with van der Waals surface area (Å²) in [5, 5.41) is 6.08. The van der Waals surface area contributed by atoms with Gasteiger partial charge in [0.05, 0.1) is 11.4 Å². The molecule has 0 bridgehead atoms. The van der Waals surface area contributed by atoms with Crippen molar-refractivity contribution in [2.75, 3.05) is 28.6 Å². The number of benzene rings is 2. The Morgan fingerprint density at radius 3 is 2.52 bits per heavy atom. The van der Waals surface area contributed by atoms with E-state index in [1.54, 1.807) is 0 Å². The lowest BCUT2D eigenvalue weighted by molar-refractivity contribution is 0.262. The van der Waals surface area contributed by atoms with E-state index < -0.39 is 0 Å². The number of carbonyl (C=O) groups excluding carboxylic acids is 1. The van der Waals surface area contributed by atoms with Crippen LogP contribution < -0.4 is 15.5 Å². The zero-order valence-corrected chi connectivity index (χ0v) is 15.1. The second-order valence-electron chi connectivity index (χ2n) is 6.61. The van der Waals surface area contributed by atoms with E-state index in [1.807, 2.05) is 37.3 Å². The van der Waals surface area contributed by atoms with Gasteiger partial charge in [-0.2, -0.15) is 0 Å². The van der Waals surface area contributed by atoms with E-state index in [0.29, 0.717) is 0 Å². The molecule has 2 N–H and O–H groups in total. The molecule has 0 aromatic heterocycles. The van der Waals surface area contributed by atoms with Crippen molar-refractivity contribution in [3.63, 3.8) is 0 Å². The minimum Gasteiger partial charge on any atom is -0.370 e. The molecule has 4 nitrogen and oxygen atoms in total. The Hall–Kier alpha value is -2.49. The van der Waals surface area contributed by atoms with Gasteiger partial charge >= 0.3 is 6.03 Å². The Balaban J connectivity index is 1.76. The Kier molecular flexibility index (Phi) is 5.59. The SMILES string of the molecule is CCc1cccc(C)c1NC(=O)Nc1ccccc1N1CCCCC1. The number of nitrogens with one attached hydrogen (secondary N) is 2. The highest BCUT2D eigenvalue weighted by Crippen LogP contribution is 2.29. The van der Waals surface area contributed by atoms with Crippen LogP contribution in [0.5, 0.6) is 0 Å². The molecule has 0 spiro atoms. The minimum atomic E-state index is -0.187. The van der Waals surface area contributed by atoms with Crippen molar-refractivity contribution in [3.05, 3.63) is 53.6 Å². The summed E-state index contributed by atoms with van der Waals surface area (Å²) >= 11 is 0. The molecule has 1 heterocycles. The molecule has 2 amide bonds. The van der Waals surface area contributed by atoms with Gasteiger partial charge in [-0.25, -0.2) is 4.79 Å². The average molecular weight is 337 g/mol. The molecular weight excluding hydrogens is 310 g/mol. The number of para-hydroxylation sites is 3. The lowest BCUT2D eigenvalue weighted by atomic mass is 10.1. The zero-order valence-electron chi connectivity index (χ0n) is 15.1. The first-order valence-electron chi connectivity index (χ1n) is 9.19. The van der Waals surface area contributed by atoms with Gasteiger partial charge in [0.15, 0.2) is 0 Å². The lowest BCUT2D eigenvalue weighted by Gasteiger charge is -2.30. The summed E-state index contributed by atoms with van der Waals surface area (Å²) in [6.07, 6.45) is 4.61. The van der Waals surface area contributed by atoms with Gasteiger partial charge in [0.1, 0.15) is 0 Å². The third kappa shape index (κ3) is 4.13. The van der Waals surface area contributed by atoms with Crippen LogP contribution >= 0.6 is 0 Å². The highest BCUT2D eigenvalue weighted by Gasteiger charge is 2.16. The molecule has 132 valence electrons. The molecule has 25 heavy (non-hydrogen) atoms. The molecule has 0 aliphatic carbocycles. The van der Waals surface area contributed by atoms with Crippen molar-refractivity contribution in [2.45, 2.75) is 39.5 Å². The highest BCUT2D eigenvalue weighted by molar-refractivity contribution is 6.02. The summed E-state index contributed by atoms with van der Waals surface area (Å²) in [4.78, 5) is 15.0. The lowest BCUT2D eigenvalue weighted by Crippen LogP contribution is -2.31. The molecule has 0 unspecified atom stereocenters. The maximum absolute atomic E-state index is 12.6. The highest BCUT2D eigenvalue weighted by atomic mass is 16.2. The first-order valence-corrected chi connectivity index (χ1v) is 9.19. The standard InChI is InChI=1S/C21H27N3O/c1-3-17-11-9-10-16(2)20(17)23-21(25)22-18-12-5-6-13-19(18)24-14-7-4-8-15-24/h5-6,9-13H,3-4,7-8,14-15H2,1-2H3,(H2,22,23,25). The minimum absolute atomic E-state index is 0.187. The fourth-order valence-corrected chi connectivity index (χ4v) is 3.46. The molecule has 3 rings (SSSR count). The van der Waals surface area contributed by atoms with Gasteiger partial charge in [-0.15, -0.1) is 0 Å². The molecule has 1 aliphatic heterocycles. The van der Waals surface area contributed by atoms with Gasteiger partial charge in [0.25, 0.3) is 0 Å². The van der Waals surface area contributed by atoms with Gasteiger partial charge in [-0.1, -0.05) is 37.3 Å². The van der Waals surface area contributed by atoms with E-state index in [0.717, 1.165) is 47.7 Å². The fourth-order valence-electron chi connectivity index (χ4n) is 3.46. The molecule has 1 fully saturated rings. The number of rotatable bonds is 4. The van der Waals surface area contributed by atoms with Gasteiger partial charge in [0.2, 0.25) is 0 Å². The molecule has 2 aromatic carbocycles. The second kappa shape index (κ2) is 8.06. The van der Waals surface area contributed by atoms with E-state index >= 15 is 0 Å². The van der Waals surface area contributed by atoms with Gasteiger partial charge in [-0.05, 0) is 55.9 Å². The van der Waals surface area contributed by atoms with Crippen molar-refractivity contribution < 1.29 is 4.79 Å². The fraction of sp³-hybridized carbons (Fsp3) is 0.381. The van der Waals surface area contributed by atoms with Crippen molar-refractivity contribution in [1.82, 2.24) is 0 Å². The maximum atomic E-state index is 12.6. The normalized spacial score (nSPS) is 14.2. The smallest absolute Gasteiger partial charge is 0.323 e. The Morgan fingerprint density at radius 2 is 1.76 bits per heavy atom. The van der Waals surface area contributed by atoms with Gasteiger partial charge in [-0.3, -0.25) is 0 Å². The van der Waals surface area contributed by atoms with Gasteiger partial charge in [0, 0.05) is 18.8 Å². The van der Waals surface area contributed by atoms with Crippen LogP contribution in [-0.4, -0.2) is 19.1 Å². The number of carbonyl (C=O) groups is 1. The number of aryl methyl sites for hydroxylation is 2. The van der Waals surface area contributed by atoms with Crippen LogP contribution in [0.15, 0.2) is 42.5 Å². The van der Waals surface area contributed by atoms with Crippen LogP contribution in [0.2, 0.25) is 0 Å². The van der Waals surface area contributed by atoms with Crippen molar-refractivity contribution in [3.8, 4) is 0 Å². The number of piperidine rings is 1. The van der Waals surface area contributed by atoms with Crippen LogP contribution in [0, 0.1) is 6.92 Å². The topological polar surface area (TPSA) is 44.4 Å². The molecular formula is C21H27N3O. The number of hydrogen-bond acceptors (Lipinski definition) is 2. The third-order valence-electron chi connectivity index (χ3n) is 4.83. The van der Waals surface area contributed by atoms with Crippen LogP contribution in [0.25, 0.3) is 0 Å². The molecule has 4 heteroatoms. The van der Waals surface area contributed by atoms with Crippen molar-refractivity contribution >= 4 is 23.1 Å². The van der Waals surface area contributed by atoms with Crippen LogP contribution in [0.3, 0.4) is 0 Å². The quantitative estimate of drug-likeness (QED) is 0.806. The molecule has 1 aliphatic rings. The predicted molar refractivity (Wildman–Crippen MR) is 106 cm³/mol. The number of amides is 2. The number of anilines is 3. The summed E-state index contributed by atoms with van der Waals surface area (Å²) in [6, 6.07) is 14.0. The summed E-state index contributed by atoms with van der Waals surface area (Å²) in [5.41, 5.74) is 5.13. The number of urea groups is 1. The van der Waals surface area contributed by atoms with E-state index in [2.05, 4.69) is 34.6 Å². The second-order valence-corrected chi connectivity index (χ2v) is 6.61. The van der Waals surface area contributed by atoms with Crippen molar-refractivity contribution in [1.29, 1.82) is 0 Å². The van der Waals surface area contributed by atoms with Crippen LogP contribution in [0.1, 0.15) is 37.3 Å². The number of hydrogen-bond donors (Lipinski definition) is 2. The van der Waals surface area contributed by atoms with Gasteiger partial charge < -0.3 is 15.5 Å². The Bertz CT molecular complexity index is 736. The number of nitrogens with zero attached hydrogens (tertiary/aromatic N) is 1. The van der Waals surface area contributed by atoms with Crippen molar-refractivity contribution in [2.24, 2.45) is 0 Å².